The Balaban J connectivity index is 1.74. The van der Waals surface area contributed by atoms with E-state index in [4.69, 9.17) is 0 Å². The van der Waals surface area contributed by atoms with E-state index in [1.165, 1.54) is 18.9 Å². The van der Waals surface area contributed by atoms with E-state index >= 15 is 0 Å². The lowest BCUT2D eigenvalue weighted by Crippen LogP contribution is -2.45. The third-order valence-electron chi connectivity index (χ3n) is 5.30. The summed E-state index contributed by atoms with van der Waals surface area (Å²) in [6, 6.07) is 6.36. The van der Waals surface area contributed by atoms with E-state index in [0.717, 1.165) is 13.0 Å². The summed E-state index contributed by atoms with van der Waals surface area (Å²) < 4.78 is 13.9. The Labute approximate surface area is 125 Å². The largest absolute Gasteiger partial charge is 0.338 e. The van der Waals surface area contributed by atoms with Gasteiger partial charge in [-0.1, -0.05) is 24.6 Å². The molecule has 0 bridgehead atoms. The number of nitrogens with zero attached hydrogens (tertiary/aromatic N) is 1. The SMILES string of the molecule is CC(c1ccccc1F)N(C)C(=O)C1NCC2CCCC21. The van der Waals surface area contributed by atoms with Gasteiger partial charge in [0.25, 0.3) is 0 Å². The molecular formula is C17H23FN2O. The number of carbonyl (C=O) groups excluding carboxylic acids is 1. The monoisotopic (exact) mass is 290 g/mol. The lowest BCUT2D eigenvalue weighted by Gasteiger charge is -2.30. The van der Waals surface area contributed by atoms with Crippen LogP contribution in [0, 0.1) is 17.7 Å². The smallest absolute Gasteiger partial charge is 0.240 e. The van der Waals surface area contributed by atoms with Crippen molar-refractivity contribution in [2.45, 2.75) is 38.3 Å². The van der Waals surface area contributed by atoms with Crippen LogP contribution in [0.4, 0.5) is 4.39 Å². The normalized spacial score (nSPS) is 29.2. The van der Waals surface area contributed by atoms with E-state index in [1.807, 2.05) is 13.0 Å². The first kappa shape index (κ1) is 14.5. The maximum atomic E-state index is 13.9. The first-order valence-corrected chi connectivity index (χ1v) is 7.84. The van der Waals surface area contributed by atoms with Gasteiger partial charge in [-0.3, -0.25) is 4.79 Å². The van der Waals surface area contributed by atoms with E-state index in [1.54, 1.807) is 24.1 Å². The molecule has 2 fully saturated rings. The van der Waals surface area contributed by atoms with Gasteiger partial charge in [-0.2, -0.15) is 0 Å². The van der Waals surface area contributed by atoms with Gasteiger partial charge in [-0.05, 0) is 44.2 Å². The molecule has 4 atom stereocenters. The average Bonchev–Trinajstić information content (AvgIpc) is 3.08. The van der Waals surface area contributed by atoms with Gasteiger partial charge in [0.2, 0.25) is 5.91 Å². The van der Waals surface area contributed by atoms with Crippen molar-refractivity contribution in [3.63, 3.8) is 0 Å². The summed E-state index contributed by atoms with van der Waals surface area (Å²) in [7, 11) is 1.78. The van der Waals surface area contributed by atoms with Crippen LogP contribution in [-0.4, -0.2) is 30.4 Å². The predicted octanol–water partition coefficient (Wildman–Crippen LogP) is 2.73. The van der Waals surface area contributed by atoms with Crippen molar-refractivity contribution >= 4 is 5.91 Å². The second-order valence-corrected chi connectivity index (χ2v) is 6.39. The maximum absolute atomic E-state index is 13.9. The predicted molar refractivity (Wildman–Crippen MR) is 80.2 cm³/mol. The Kier molecular flexibility index (Phi) is 3.98. The topological polar surface area (TPSA) is 32.3 Å². The molecule has 4 heteroatoms. The summed E-state index contributed by atoms with van der Waals surface area (Å²) in [5.74, 6) is 0.965. The molecule has 0 aromatic heterocycles. The summed E-state index contributed by atoms with van der Waals surface area (Å²) in [6.07, 6.45) is 3.59. The van der Waals surface area contributed by atoms with Crippen molar-refractivity contribution in [2.24, 2.45) is 11.8 Å². The molecular weight excluding hydrogens is 267 g/mol. The second-order valence-electron chi connectivity index (χ2n) is 6.39. The number of likely N-dealkylation sites (N-methyl/N-ethyl adjacent to an activating group) is 1. The van der Waals surface area contributed by atoms with Crippen molar-refractivity contribution in [3.8, 4) is 0 Å². The molecule has 1 aromatic carbocycles. The van der Waals surface area contributed by atoms with Crippen molar-refractivity contribution in [1.82, 2.24) is 10.2 Å². The van der Waals surface area contributed by atoms with Crippen LogP contribution in [0.15, 0.2) is 24.3 Å². The van der Waals surface area contributed by atoms with Crippen molar-refractivity contribution in [1.29, 1.82) is 0 Å². The maximum Gasteiger partial charge on any atom is 0.240 e. The van der Waals surface area contributed by atoms with Crippen LogP contribution < -0.4 is 5.32 Å². The Morgan fingerprint density at radius 3 is 2.90 bits per heavy atom. The number of fused-ring (bicyclic) bond motifs is 1. The van der Waals surface area contributed by atoms with Gasteiger partial charge in [0.15, 0.2) is 0 Å². The highest BCUT2D eigenvalue weighted by atomic mass is 19.1. The third-order valence-corrected chi connectivity index (χ3v) is 5.30. The molecule has 3 rings (SSSR count). The number of rotatable bonds is 3. The van der Waals surface area contributed by atoms with Crippen LogP contribution in [0.25, 0.3) is 0 Å². The van der Waals surface area contributed by atoms with Crippen LogP contribution in [0.3, 0.4) is 0 Å². The molecule has 1 heterocycles. The molecule has 4 unspecified atom stereocenters. The van der Waals surface area contributed by atoms with Crippen molar-refractivity contribution < 1.29 is 9.18 Å². The summed E-state index contributed by atoms with van der Waals surface area (Å²) in [6.45, 7) is 2.83. The number of carbonyl (C=O) groups is 1. The van der Waals surface area contributed by atoms with Gasteiger partial charge in [-0.25, -0.2) is 4.39 Å². The second kappa shape index (κ2) is 5.76. The molecule has 0 spiro atoms. The lowest BCUT2D eigenvalue weighted by molar-refractivity contribution is -0.134. The minimum Gasteiger partial charge on any atom is -0.338 e. The average molecular weight is 290 g/mol. The summed E-state index contributed by atoms with van der Waals surface area (Å²) in [5, 5.41) is 3.38. The number of hydrogen-bond donors (Lipinski definition) is 1. The molecule has 3 nitrogen and oxygen atoms in total. The standard InChI is InChI=1S/C17H23FN2O/c1-11(13-7-3-4-9-15(13)18)20(2)17(21)16-14-8-5-6-12(14)10-19-16/h3-4,7,9,11-12,14,16,19H,5-6,8,10H2,1-2H3. The fourth-order valence-electron chi connectivity index (χ4n) is 3.89. The van der Waals surface area contributed by atoms with Gasteiger partial charge >= 0.3 is 0 Å². The van der Waals surface area contributed by atoms with Gasteiger partial charge in [-0.15, -0.1) is 0 Å². The first-order chi connectivity index (χ1) is 10.1. The fourth-order valence-corrected chi connectivity index (χ4v) is 3.89. The lowest BCUT2D eigenvalue weighted by atomic mass is 9.93. The Bertz CT molecular complexity index is 533. The van der Waals surface area contributed by atoms with E-state index in [2.05, 4.69) is 5.32 Å². The Hall–Kier alpha value is -1.42. The van der Waals surface area contributed by atoms with Gasteiger partial charge in [0, 0.05) is 12.6 Å². The van der Waals surface area contributed by atoms with Gasteiger partial charge in [0.1, 0.15) is 5.82 Å². The zero-order valence-electron chi connectivity index (χ0n) is 12.7. The van der Waals surface area contributed by atoms with E-state index in [0.29, 0.717) is 17.4 Å². The summed E-state index contributed by atoms with van der Waals surface area (Å²) in [4.78, 5) is 14.4. The highest BCUT2D eigenvalue weighted by Crippen LogP contribution is 2.38. The highest BCUT2D eigenvalue weighted by Gasteiger charge is 2.43. The minimum absolute atomic E-state index is 0.0864. The molecule has 2 aliphatic rings. The zero-order chi connectivity index (χ0) is 15.0. The molecule has 1 aliphatic heterocycles. The number of halogens is 1. The molecule has 21 heavy (non-hydrogen) atoms. The molecule has 0 radical (unpaired) electrons. The number of benzene rings is 1. The highest BCUT2D eigenvalue weighted by molar-refractivity contribution is 5.83. The Morgan fingerprint density at radius 1 is 1.38 bits per heavy atom. The van der Waals surface area contributed by atoms with Crippen LogP contribution in [0.2, 0.25) is 0 Å². The van der Waals surface area contributed by atoms with Crippen LogP contribution in [0.5, 0.6) is 0 Å². The minimum atomic E-state index is -0.249. The molecule has 1 aliphatic carbocycles. The summed E-state index contributed by atoms with van der Waals surface area (Å²) >= 11 is 0. The molecule has 1 saturated heterocycles. The van der Waals surface area contributed by atoms with E-state index < -0.39 is 0 Å². The Morgan fingerprint density at radius 2 is 2.14 bits per heavy atom. The number of hydrogen-bond acceptors (Lipinski definition) is 2. The van der Waals surface area contributed by atoms with Crippen LogP contribution in [0.1, 0.15) is 37.8 Å². The molecule has 1 N–H and O–H groups in total. The third kappa shape index (κ3) is 2.57. The molecule has 1 aromatic rings. The van der Waals surface area contributed by atoms with Crippen molar-refractivity contribution in [3.05, 3.63) is 35.6 Å². The number of nitrogens with one attached hydrogen (secondary N) is 1. The molecule has 114 valence electrons. The first-order valence-electron chi connectivity index (χ1n) is 7.84. The number of amides is 1. The quantitative estimate of drug-likeness (QED) is 0.928. The van der Waals surface area contributed by atoms with Gasteiger partial charge < -0.3 is 10.2 Å². The van der Waals surface area contributed by atoms with Crippen LogP contribution >= 0.6 is 0 Å². The van der Waals surface area contributed by atoms with E-state index in [-0.39, 0.29) is 23.8 Å². The summed E-state index contributed by atoms with van der Waals surface area (Å²) in [5.41, 5.74) is 0.578. The van der Waals surface area contributed by atoms with Gasteiger partial charge in [0.05, 0.1) is 12.1 Å². The van der Waals surface area contributed by atoms with Crippen molar-refractivity contribution in [2.75, 3.05) is 13.6 Å². The zero-order valence-corrected chi connectivity index (χ0v) is 12.7. The molecule has 1 saturated carbocycles. The van der Waals surface area contributed by atoms with E-state index in [9.17, 15) is 9.18 Å². The fraction of sp³-hybridized carbons (Fsp3) is 0.588. The van der Waals surface area contributed by atoms with Crippen LogP contribution in [-0.2, 0) is 4.79 Å². The molecule has 1 amide bonds.